The van der Waals surface area contributed by atoms with E-state index in [9.17, 15) is 13.2 Å². The van der Waals surface area contributed by atoms with Crippen molar-refractivity contribution in [1.82, 2.24) is 10.5 Å². The summed E-state index contributed by atoms with van der Waals surface area (Å²) >= 11 is 0. The fraction of sp³-hybridized carbons (Fsp3) is 0.667. The van der Waals surface area contributed by atoms with Gasteiger partial charge in [0.2, 0.25) is 5.91 Å². The van der Waals surface area contributed by atoms with E-state index in [0.29, 0.717) is 18.8 Å². The molecule has 0 bridgehead atoms. The number of rotatable bonds is 6. The van der Waals surface area contributed by atoms with Gasteiger partial charge in [-0.3, -0.25) is 4.79 Å². The summed E-state index contributed by atoms with van der Waals surface area (Å²) in [5, 5.41) is 6.19. The van der Waals surface area contributed by atoms with Gasteiger partial charge in [-0.25, -0.2) is 8.42 Å². The van der Waals surface area contributed by atoms with E-state index >= 15 is 0 Å². The quantitative estimate of drug-likeness (QED) is 0.805. The van der Waals surface area contributed by atoms with Crippen molar-refractivity contribution in [2.45, 2.75) is 31.6 Å². The van der Waals surface area contributed by atoms with Crippen molar-refractivity contribution >= 4 is 15.7 Å². The lowest BCUT2D eigenvalue weighted by Gasteiger charge is -2.10. The number of ether oxygens (including phenoxy) is 1. The monoisotopic (exact) mass is 302 g/mol. The maximum absolute atomic E-state index is 11.8. The largest absolute Gasteiger partial charge is 0.376 e. The Morgan fingerprint density at radius 3 is 2.95 bits per heavy atom. The molecule has 20 heavy (non-hydrogen) atoms. The van der Waals surface area contributed by atoms with E-state index in [0.717, 1.165) is 12.8 Å². The molecule has 0 aromatic carbocycles. The van der Waals surface area contributed by atoms with Crippen molar-refractivity contribution in [3.05, 3.63) is 17.5 Å². The second-order valence-electron chi connectivity index (χ2n) is 4.91. The number of hydrogen-bond acceptors (Lipinski definition) is 6. The van der Waals surface area contributed by atoms with Crippen LogP contribution in [0.4, 0.5) is 0 Å². The molecule has 1 aliphatic rings. The van der Waals surface area contributed by atoms with E-state index in [1.54, 1.807) is 13.0 Å². The van der Waals surface area contributed by atoms with E-state index in [1.165, 1.54) is 0 Å². The molecule has 8 heteroatoms. The molecular weight excluding hydrogens is 284 g/mol. The molecule has 0 saturated carbocycles. The van der Waals surface area contributed by atoms with Gasteiger partial charge >= 0.3 is 0 Å². The Hall–Kier alpha value is -1.41. The van der Waals surface area contributed by atoms with Crippen molar-refractivity contribution in [3.8, 4) is 0 Å². The Balaban J connectivity index is 1.79. The number of hydrogen-bond donors (Lipinski definition) is 1. The van der Waals surface area contributed by atoms with Crippen molar-refractivity contribution in [1.29, 1.82) is 0 Å². The van der Waals surface area contributed by atoms with Crippen LogP contribution in [0.1, 0.15) is 24.3 Å². The third kappa shape index (κ3) is 4.61. The zero-order valence-corrected chi connectivity index (χ0v) is 12.1. The highest BCUT2D eigenvalue weighted by Gasteiger charge is 2.21. The SMILES string of the molecule is Cc1cc(CS(=O)(=O)CC(=O)NC[C@@H]2CCCO2)on1. The van der Waals surface area contributed by atoms with Crippen molar-refractivity contribution < 1.29 is 22.5 Å². The number of nitrogens with one attached hydrogen (secondary N) is 1. The number of aromatic nitrogens is 1. The van der Waals surface area contributed by atoms with Gasteiger partial charge in [0.05, 0.1) is 11.8 Å². The minimum absolute atomic E-state index is 0.00132. The van der Waals surface area contributed by atoms with Gasteiger partial charge in [0.15, 0.2) is 15.6 Å². The van der Waals surface area contributed by atoms with Crippen LogP contribution in [0.15, 0.2) is 10.6 Å². The number of aryl methyl sites for hydroxylation is 1. The van der Waals surface area contributed by atoms with Gasteiger partial charge < -0.3 is 14.6 Å². The molecule has 0 unspecified atom stereocenters. The van der Waals surface area contributed by atoms with Crippen LogP contribution in [-0.4, -0.2) is 44.5 Å². The molecule has 1 amide bonds. The smallest absolute Gasteiger partial charge is 0.235 e. The normalized spacial score (nSPS) is 19.1. The van der Waals surface area contributed by atoms with Gasteiger partial charge in [0, 0.05) is 19.2 Å². The standard InChI is InChI=1S/C12H18N2O5S/c1-9-5-11(19-14-9)7-20(16,17)8-12(15)13-6-10-3-2-4-18-10/h5,10H,2-4,6-8H2,1H3,(H,13,15)/t10-/m0/s1. The van der Waals surface area contributed by atoms with E-state index in [2.05, 4.69) is 10.5 Å². The Bertz CT molecular complexity index is 560. The highest BCUT2D eigenvalue weighted by atomic mass is 32.2. The predicted molar refractivity (Wildman–Crippen MR) is 70.7 cm³/mol. The average Bonchev–Trinajstić information content (AvgIpc) is 2.97. The van der Waals surface area contributed by atoms with Crippen LogP contribution >= 0.6 is 0 Å². The average molecular weight is 302 g/mol. The molecule has 2 heterocycles. The molecule has 7 nitrogen and oxygen atoms in total. The lowest BCUT2D eigenvalue weighted by molar-refractivity contribution is -0.119. The lowest BCUT2D eigenvalue weighted by atomic mass is 10.2. The summed E-state index contributed by atoms with van der Waals surface area (Å²) in [5.74, 6) is -1.15. The number of nitrogens with zero attached hydrogens (tertiary/aromatic N) is 1. The molecular formula is C12H18N2O5S. The lowest BCUT2D eigenvalue weighted by Crippen LogP contribution is -2.36. The molecule has 0 spiro atoms. The van der Waals surface area contributed by atoms with Crippen molar-refractivity contribution in [2.75, 3.05) is 18.9 Å². The molecule has 112 valence electrons. The van der Waals surface area contributed by atoms with Crippen LogP contribution in [0.2, 0.25) is 0 Å². The first kappa shape index (κ1) is 15.0. The number of carbonyl (C=O) groups is 1. The molecule has 1 saturated heterocycles. The highest BCUT2D eigenvalue weighted by molar-refractivity contribution is 7.91. The van der Waals surface area contributed by atoms with Crippen LogP contribution in [0.25, 0.3) is 0 Å². The van der Waals surface area contributed by atoms with Crippen LogP contribution in [0.5, 0.6) is 0 Å². The Labute approximate surface area is 117 Å². The minimum Gasteiger partial charge on any atom is -0.376 e. The fourth-order valence-electron chi connectivity index (χ4n) is 2.04. The number of amides is 1. The molecule has 2 rings (SSSR count). The van der Waals surface area contributed by atoms with E-state index in [4.69, 9.17) is 9.26 Å². The van der Waals surface area contributed by atoms with Crippen molar-refractivity contribution in [2.24, 2.45) is 0 Å². The summed E-state index contributed by atoms with van der Waals surface area (Å²) in [6, 6.07) is 1.54. The van der Waals surface area contributed by atoms with Gasteiger partial charge in [-0.15, -0.1) is 0 Å². The zero-order chi connectivity index (χ0) is 14.6. The van der Waals surface area contributed by atoms with Gasteiger partial charge in [-0.05, 0) is 19.8 Å². The summed E-state index contributed by atoms with van der Waals surface area (Å²) in [5.41, 5.74) is 0.609. The van der Waals surface area contributed by atoms with E-state index in [-0.39, 0.29) is 17.6 Å². The summed E-state index contributed by atoms with van der Waals surface area (Å²) < 4.78 is 33.9. The van der Waals surface area contributed by atoms with Gasteiger partial charge in [-0.2, -0.15) is 0 Å². The summed E-state index contributed by atoms with van der Waals surface area (Å²) in [6.07, 6.45) is 1.87. The minimum atomic E-state index is -3.55. The van der Waals surface area contributed by atoms with Crippen LogP contribution < -0.4 is 5.32 Å². The first-order chi connectivity index (χ1) is 9.44. The van der Waals surface area contributed by atoms with Gasteiger partial charge in [0.25, 0.3) is 0 Å². The fourth-order valence-corrected chi connectivity index (χ4v) is 3.21. The summed E-state index contributed by atoms with van der Waals surface area (Å²) in [4.78, 5) is 11.6. The maximum atomic E-state index is 11.8. The third-order valence-corrected chi connectivity index (χ3v) is 4.37. The number of sulfone groups is 1. The molecule has 1 aromatic rings. The molecule has 1 N–H and O–H groups in total. The molecule has 1 atom stereocenters. The Kier molecular flexibility index (Phi) is 4.77. The molecule has 0 aliphatic carbocycles. The molecule has 0 radical (unpaired) electrons. The third-order valence-electron chi connectivity index (χ3n) is 2.94. The van der Waals surface area contributed by atoms with Crippen LogP contribution in [0.3, 0.4) is 0 Å². The second kappa shape index (κ2) is 6.36. The van der Waals surface area contributed by atoms with E-state index < -0.39 is 21.5 Å². The molecule has 1 aromatic heterocycles. The van der Waals surface area contributed by atoms with Gasteiger partial charge in [0.1, 0.15) is 11.5 Å². The first-order valence-electron chi connectivity index (χ1n) is 6.45. The Morgan fingerprint density at radius 2 is 2.35 bits per heavy atom. The maximum Gasteiger partial charge on any atom is 0.235 e. The highest BCUT2D eigenvalue weighted by Crippen LogP contribution is 2.11. The topological polar surface area (TPSA) is 98.5 Å². The molecule has 1 fully saturated rings. The molecule has 1 aliphatic heterocycles. The van der Waals surface area contributed by atoms with E-state index in [1.807, 2.05) is 0 Å². The zero-order valence-electron chi connectivity index (χ0n) is 11.3. The van der Waals surface area contributed by atoms with Crippen LogP contribution in [0, 0.1) is 6.92 Å². The van der Waals surface area contributed by atoms with Crippen LogP contribution in [-0.2, 0) is 25.1 Å². The summed E-state index contributed by atoms with van der Waals surface area (Å²) in [6.45, 7) is 2.76. The van der Waals surface area contributed by atoms with Gasteiger partial charge in [-0.1, -0.05) is 5.16 Å². The second-order valence-corrected chi connectivity index (χ2v) is 6.97. The Morgan fingerprint density at radius 1 is 1.55 bits per heavy atom. The predicted octanol–water partition coefficient (Wildman–Crippen LogP) is 0.193. The first-order valence-corrected chi connectivity index (χ1v) is 8.28. The summed E-state index contributed by atoms with van der Waals surface area (Å²) in [7, 11) is -3.55. The van der Waals surface area contributed by atoms with Crippen molar-refractivity contribution in [3.63, 3.8) is 0 Å². The number of carbonyl (C=O) groups excluding carboxylic acids is 1.